The molecule has 25 heavy (non-hydrogen) atoms. The second-order valence-electron chi connectivity index (χ2n) is 4.59. The molecular formula is C16H12BrClN2O5. The van der Waals surface area contributed by atoms with E-state index in [4.69, 9.17) is 20.8 Å². The van der Waals surface area contributed by atoms with E-state index in [1.807, 2.05) is 0 Å². The summed E-state index contributed by atoms with van der Waals surface area (Å²) in [6, 6.07) is 9.41. The molecule has 0 bridgehead atoms. The smallest absolute Gasteiger partial charge is 0.331 e. The van der Waals surface area contributed by atoms with Crippen LogP contribution < -0.4 is 10.9 Å². The molecule has 0 saturated heterocycles. The Morgan fingerprint density at radius 3 is 2.48 bits per heavy atom. The van der Waals surface area contributed by atoms with Gasteiger partial charge in [0, 0.05) is 16.7 Å². The summed E-state index contributed by atoms with van der Waals surface area (Å²) in [6.07, 6.45) is 2.51. The fourth-order valence-electron chi connectivity index (χ4n) is 1.59. The van der Waals surface area contributed by atoms with E-state index in [1.54, 1.807) is 24.3 Å². The van der Waals surface area contributed by atoms with Gasteiger partial charge in [0.2, 0.25) is 0 Å². The minimum atomic E-state index is -0.730. The summed E-state index contributed by atoms with van der Waals surface area (Å²) < 4.78 is 10.4. The van der Waals surface area contributed by atoms with E-state index in [0.717, 1.165) is 6.08 Å². The minimum Gasteiger partial charge on any atom is -0.452 e. The van der Waals surface area contributed by atoms with Crippen molar-refractivity contribution >= 4 is 51.4 Å². The van der Waals surface area contributed by atoms with Crippen LogP contribution in [0.5, 0.6) is 0 Å². The highest BCUT2D eigenvalue weighted by atomic mass is 79.9. The highest BCUT2D eigenvalue weighted by molar-refractivity contribution is 9.10. The van der Waals surface area contributed by atoms with Gasteiger partial charge in [0.1, 0.15) is 5.76 Å². The lowest BCUT2D eigenvalue weighted by molar-refractivity contribution is -0.144. The van der Waals surface area contributed by atoms with E-state index < -0.39 is 24.4 Å². The van der Waals surface area contributed by atoms with Crippen molar-refractivity contribution in [2.75, 3.05) is 6.61 Å². The summed E-state index contributed by atoms with van der Waals surface area (Å²) in [5.41, 5.74) is 4.64. The maximum atomic E-state index is 11.8. The summed E-state index contributed by atoms with van der Waals surface area (Å²) in [6.45, 7) is -0.550. The number of carbonyl (C=O) groups is 3. The number of benzene rings is 1. The number of hydrogen-bond donors (Lipinski definition) is 2. The van der Waals surface area contributed by atoms with Crippen LogP contribution >= 0.6 is 27.5 Å². The third-order valence-electron chi connectivity index (χ3n) is 2.75. The summed E-state index contributed by atoms with van der Waals surface area (Å²) in [5, 5.41) is 0.488. The molecule has 1 heterocycles. The quantitative estimate of drug-likeness (QED) is 0.434. The van der Waals surface area contributed by atoms with Crippen LogP contribution in [0.25, 0.3) is 6.08 Å². The Labute approximate surface area is 156 Å². The molecule has 0 aliphatic carbocycles. The van der Waals surface area contributed by atoms with E-state index in [9.17, 15) is 14.4 Å². The van der Waals surface area contributed by atoms with Crippen molar-refractivity contribution in [1.82, 2.24) is 10.9 Å². The van der Waals surface area contributed by atoms with Crippen molar-refractivity contribution in [3.8, 4) is 0 Å². The zero-order chi connectivity index (χ0) is 18.2. The molecule has 2 rings (SSSR count). The fourth-order valence-corrected chi connectivity index (χ4v) is 2.03. The Kier molecular flexibility index (Phi) is 6.79. The van der Waals surface area contributed by atoms with Crippen LogP contribution in [-0.4, -0.2) is 24.4 Å². The molecule has 2 amide bonds. The second kappa shape index (κ2) is 9.05. The summed E-state index contributed by atoms with van der Waals surface area (Å²) in [5.74, 6) is -1.50. The molecule has 0 atom stereocenters. The fraction of sp³-hybridized carbons (Fsp3) is 0.0625. The molecule has 2 N–H and O–H groups in total. The number of amides is 2. The number of hydrogen-bond acceptors (Lipinski definition) is 5. The average Bonchev–Trinajstić information content (AvgIpc) is 3.02. The van der Waals surface area contributed by atoms with Crippen LogP contribution in [0.3, 0.4) is 0 Å². The second-order valence-corrected chi connectivity index (χ2v) is 5.81. The molecule has 0 aliphatic rings. The number of halogens is 2. The van der Waals surface area contributed by atoms with Crippen molar-refractivity contribution < 1.29 is 23.5 Å². The minimum absolute atomic E-state index is 0.314. The lowest BCUT2D eigenvalue weighted by atomic mass is 10.2. The van der Waals surface area contributed by atoms with Gasteiger partial charge < -0.3 is 9.15 Å². The SMILES string of the molecule is O=C(COC(=O)C=Cc1ccc(Br)o1)NNC(=O)c1ccc(Cl)cc1. The van der Waals surface area contributed by atoms with E-state index in [0.29, 0.717) is 21.0 Å². The monoisotopic (exact) mass is 426 g/mol. The Balaban J connectivity index is 1.71. The number of hydrazine groups is 1. The Hall–Kier alpha value is -2.58. The maximum Gasteiger partial charge on any atom is 0.331 e. The molecule has 9 heteroatoms. The topological polar surface area (TPSA) is 97.6 Å². The molecular weight excluding hydrogens is 416 g/mol. The first-order valence-corrected chi connectivity index (χ1v) is 8.06. The van der Waals surface area contributed by atoms with Crippen molar-refractivity contribution in [3.05, 3.63) is 63.5 Å². The van der Waals surface area contributed by atoms with Gasteiger partial charge in [-0.15, -0.1) is 0 Å². The van der Waals surface area contributed by atoms with Crippen molar-refractivity contribution in [3.63, 3.8) is 0 Å². The van der Waals surface area contributed by atoms with E-state index in [2.05, 4.69) is 26.8 Å². The van der Waals surface area contributed by atoms with Crippen molar-refractivity contribution in [1.29, 1.82) is 0 Å². The lowest BCUT2D eigenvalue weighted by Crippen LogP contribution is -2.43. The van der Waals surface area contributed by atoms with Gasteiger partial charge in [-0.05, 0) is 58.4 Å². The first-order chi connectivity index (χ1) is 11.9. The first-order valence-electron chi connectivity index (χ1n) is 6.89. The maximum absolute atomic E-state index is 11.8. The van der Waals surface area contributed by atoms with Gasteiger partial charge in [0.25, 0.3) is 11.8 Å². The molecule has 7 nitrogen and oxygen atoms in total. The standard InChI is InChI=1S/C16H12BrClN2O5/c17-13-7-5-12(25-13)6-8-15(22)24-9-14(21)19-20-16(23)10-1-3-11(18)4-2-10/h1-8H,9H2,(H,19,21)(H,20,23). The van der Waals surface area contributed by atoms with Gasteiger partial charge in [-0.1, -0.05) is 11.6 Å². The van der Waals surface area contributed by atoms with Crippen LogP contribution in [0.1, 0.15) is 16.1 Å². The largest absolute Gasteiger partial charge is 0.452 e. The number of ether oxygens (including phenoxy) is 1. The van der Waals surface area contributed by atoms with Gasteiger partial charge >= 0.3 is 5.97 Å². The van der Waals surface area contributed by atoms with Gasteiger partial charge in [-0.2, -0.15) is 0 Å². The summed E-state index contributed by atoms with van der Waals surface area (Å²) in [4.78, 5) is 34.8. The third-order valence-corrected chi connectivity index (χ3v) is 3.42. The van der Waals surface area contributed by atoms with Crippen molar-refractivity contribution in [2.45, 2.75) is 0 Å². The molecule has 0 unspecified atom stereocenters. The highest BCUT2D eigenvalue weighted by Gasteiger charge is 2.09. The lowest BCUT2D eigenvalue weighted by Gasteiger charge is -2.07. The van der Waals surface area contributed by atoms with Crippen LogP contribution in [-0.2, 0) is 14.3 Å². The predicted molar refractivity (Wildman–Crippen MR) is 93.5 cm³/mol. The molecule has 0 radical (unpaired) electrons. The molecule has 1 aromatic carbocycles. The Bertz CT molecular complexity index is 801. The molecule has 130 valence electrons. The van der Waals surface area contributed by atoms with Crippen LogP contribution in [0.2, 0.25) is 5.02 Å². The Morgan fingerprint density at radius 1 is 1.12 bits per heavy atom. The first kappa shape index (κ1) is 18.8. The molecule has 1 aromatic heterocycles. The van der Waals surface area contributed by atoms with E-state index in [1.165, 1.54) is 18.2 Å². The molecule has 2 aromatic rings. The molecule has 0 fully saturated rings. The van der Waals surface area contributed by atoms with E-state index >= 15 is 0 Å². The van der Waals surface area contributed by atoms with Crippen molar-refractivity contribution in [2.24, 2.45) is 0 Å². The molecule has 0 saturated carbocycles. The third kappa shape index (κ3) is 6.44. The Morgan fingerprint density at radius 2 is 1.84 bits per heavy atom. The number of furan rings is 1. The van der Waals surface area contributed by atoms with Crippen LogP contribution in [0, 0.1) is 0 Å². The number of rotatable bonds is 5. The number of nitrogens with one attached hydrogen (secondary N) is 2. The van der Waals surface area contributed by atoms with Crippen LogP contribution in [0.15, 0.2) is 51.6 Å². The molecule has 0 spiro atoms. The average molecular weight is 428 g/mol. The van der Waals surface area contributed by atoms with Gasteiger partial charge in [0.15, 0.2) is 11.3 Å². The normalized spacial score (nSPS) is 10.5. The predicted octanol–water partition coefficient (Wildman–Crippen LogP) is 2.71. The van der Waals surface area contributed by atoms with Crippen LogP contribution in [0.4, 0.5) is 0 Å². The van der Waals surface area contributed by atoms with Gasteiger partial charge in [-0.25, -0.2) is 4.79 Å². The summed E-state index contributed by atoms with van der Waals surface area (Å²) >= 11 is 8.84. The van der Waals surface area contributed by atoms with Gasteiger partial charge in [-0.3, -0.25) is 20.4 Å². The van der Waals surface area contributed by atoms with Gasteiger partial charge in [0.05, 0.1) is 0 Å². The zero-order valence-corrected chi connectivity index (χ0v) is 15.0. The summed E-state index contributed by atoms with van der Waals surface area (Å²) in [7, 11) is 0. The number of carbonyl (C=O) groups excluding carboxylic acids is 3. The number of esters is 1. The highest BCUT2D eigenvalue weighted by Crippen LogP contribution is 2.15. The molecule has 0 aliphatic heterocycles. The van der Waals surface area contributed by atoms with E-state index in [-0.39, 0.29) is 0 Å². The zero-order valence-electron chi connectivity index (χ0n) is 12.6.